The van der Waals surface area contributed by atoms with Gasteiger partial charge in [-0.1, -0.05) is 37.3 Å². The molecule has 0 heterocycles. The first-order chi connectivity index (χ1) is 9.45. The van der Waals surface area contributed by atoms with Crippen LogP contribution in [0.25, 0.3) is 0 Å². The van der Waals surface area contributed by atoms with Crippen LogP contribution in [0.2, 0.25) is 0 Å². The van der Waals surface area contributed by atoms with Gasteiger partial charge in [0.1, 0.15) is 12.1 Å². The summed E-state index contributed by atoms with van der Waals surface area (Å²) in [4.78, 5) is 23.8. The summed E-state index contributed by atoms with van der Waals surface area (Å²) >= 11 is 0. The smallest absolute Gasteiger partial charge is 0.242 e. The zero-order valence-corrected chi connectivity index (χ0v) is 12.2. The van der Waals surface area contributed by atoms with E-state index in [4.69, 9.17) is 5.73 Å². The SMILES string of the molecule is CCC(C)NC(=O)C(C)NC(=O)C(N)c1ccccc1. The number of carbonyl (C=O) groups is 2. The van der Waals surface area contributed by atoms with Crippen molar-refractivity contribution < 1.29 is 9.59 Å². The number of benzene rings is 1. The van der Waals surface area contributed by atoms with Crippen LogP contribution in [0.5, 0.6) is 0 Å². The molecule has 0 fully saturated rings. The summed E-state index contributed by atoms with van der Waals surface area (Å²) in [6.45, 7) is 5.55. The van der Waals surface area contributed by atoms with Crippen molar-refractivity contribution in [1.82, 2.24) is 10.6 Å². The van der Waals surface area contributed by atoms with Crippen molar-refractivity contribution in [2.45, 2.75) is 45.3 Å². The van der Waals surface area contributed by atoms with Gasteiger partial charge in [-0.15, -0.1) is 0 Å². The molecule has 0 aromatic heterocycles. The lowest BCUT2D eigenvalue weighted by molar-refractivity contribution is -0.129. The van der Waals surface area contributed by atoms with Gasteiger partial charge < -0.3 is 16.4 Å². The summed E-state index contributed by atoms with van der Waals surface area (Å²) in [5, 5.41) is 5.45. The molecule has 1 aromatic carbocycles. The number of hydrogen-bond acceptors (Lipinski definition) is 3. The molecule has 2 amide bonds. The third-order valence-electron chi connectivity index (χ3n) is 3.19. The molecule has 0 radical (unpaired) electrons. The second-order valence-corrected chi connectivity index (χ2v) is 4.94. The highest BCUT2D eigenvalue weighted by Crippen LogP contribution is 2.09. The summed E-state index contributed by atoms with van der Waals surface area (Å²) in [5.74, 6) is -0.559. The van der Waals surface area contributed by atoms with E-state index in [9.17, 15) is 9.59 Å². The van der Waals surface area contributed by atoms with Crippen LogP contribution in [-0.2, 0) is 9.59 Å². The highest BCUT2D eigenvalue weighted by atomic mass is 16.2. The number of nitrogens with one attached hydrogen (secondary N) is 2. The van der Waals surface area contributed by atoms with Gasteiger partial charge in [-0.3, -0.25) is 9.59 Å². The predicted molar refractivity (Wildman–Crippen MR) is 78.9 cm³/mol. The molecule has 20 heavy (non-hydrogen) atoms. The Balaban J connectivity index is 2.55. The molecule has 3 atom stereocenters. The predicted octanol–water partition coefficient (Wildman–Crippen LogP) is 1.11. The van der Waals surface area contributed by atoms with Crippen molar-refractivity contribution in [2.75, 3.05) is 0 Å². The third-order valence-corrected chi connectivity index (χ3v) is 3.19. The molecule has 0 aliphatic heterocycles. The number of hydrogen-bond donors (Lipinski definition) is 3. The molecule has 1 rings (SSSR count). The maximum absolute atomic E-state index is 12.0. The van der Waals surface area contributed by atoms with Crippen LogP contribution in [-0.4, -0.2) is 23.9 Å². The average molecular weight is 277 g/mol. The van der Waals surface area contributed by atoms with Gasteiger partial charge in [-0.2, -0.15) is 0 Å². The van der Waals surface area contributed by atoms with Crippen LogP contribution in [0.15, 0.2) is 30.3 Å². The normalized spacial score (nSPS) is 15.0. The minimum atomic E-state index is -0.768. The van der Waals surface area contributed by atoms with Gasteiger partial charge in [0.25, 0.3) is 0 Å². The van der Waals surface area contributed by atoms with Gasteiger partial charge in [0, 0.05) is 6.04 Å². The lowest BCUT2D eigenvalue weighted by Gasteiger charge is -2.19. The van der Waals surface area contributed by atoms with Crippen molar-refractivity contribution in [1.29, 1.82) is 0 Å². The average Bonchev–Trinajstić information content (AvgIpc) is 2.46. The molecule has 0 aliphatic rings. The summed E-state index contributed by atoms with van der Waals surface area (Å²) in [5.41, 5.74) is 6.59. The van der Waals surface area contributed by atoms with Crippen molar-refractivity contribution in [3.8, 4) is 0 Å². The summed E-state index contributed by atoms with van der Waals surface area (Å²) < 4.78 is 0. The van der Waals surface area contributed by atoms with Gasteiger partial charge in [0.05, 0.1) is 0 Å². The van der Waals surface area contributed by atoms with E-state index in [1.54, 1.807) is 19.1 Å². The number of nitrogens with two attached hydrogens (primary N) is 1. The first kappa shape index (κ1) is 16.2. The molecule has 3 unspecified atom stereocenters. The third kappa shape index (κ3) is 4.66. The molecule has 0 saturated heterocycles. The molecule has 110 valence electrons. The maximum Gasteiger partial charge on any atom is 0.242 e. The van der Waals surface area contributed by atoms with Crippen molar-refractivity contribution in [3.63, 3.8) is 0 Å². The van der Waals surface area contributed by atoms with Gasteiger partial charge in [-0.25, -0.2) is 0 Å². The fourth-order valence-electron chi connectivity index (χ4n) is 1.65. The molecule has 0 aliphatic carbocycles. The van der Waals surface area contributed by atoms with E-state index in [1.807, 2.05) is 32.0 Å². The second-order valence-electron chi connectivity index (χ2n) is 4.94. The monoisotopic (exact) mass is 277 g/mol. The molecule has 0 bridgehead atoms. The van der Waals surface area contributed by atoms with Gasteiger partial charge in [0.15, 0.2) is 0 Å². The number of amides is 2. The van der Waals surface area contributed by atoms with E-state index in [0.717, 1.165) is 12.0 Å². The Morgan fingerprint density at radius 1 is 1.10 bits per heavy atom. The first-order valence-corrected chi connectivity index (χ1v) is 6.87. The van der Waals surface area contributed by atoms with Crippen molar-refractivity contribution in [2.24, 2.45) is 5.73 Å². The first-order valence-electron chi connectivity index (χ1n) is 6.87. The highest BCUT2D eigenvalue weighted by Gasteiger charge is 2.21. The van der Waals surface area contributed by atoms with E-state index in [1.165, 1.54) is 0 Å². The summed E-state index contributed by atoms with van der Waals surface area (Å²) in [6.07, 6.45) is 0.843. The quantitative estimate of drug-likeness (QED) is 0.728. The Morgan fingerprint density at radius 3 is 2.25 bits per heavy atom. The highest BCUT2D eigenvalue weighted by molar-refractivity contribution is 5.90. The molecule has 1 aromatic rings. The van der Waals surface area contributed by atoms with Crippen LogP contribution in [0, 0.1) is 0 Å². The van der Waals surface area contributed by atoms with Crippen LogP contribution in [0.4, 0.5) is 0 Å². The van der Waals surface area contributed by atoms with E-state index in [0.29, 0.717) is 0 Å². The Kier molecular flexibility index (Phi) is 6.18. The van der Waals surface area contributed by atoms with Crippen LogP contribution in [0.1, 0.15) is 38.8 Å². The summed E-state index contributed by atoms with van der Waals surface area (Å²) in [6, 6.07) is 7.78. The fraction of sp³-hybridized carbons (Fsp3) is 0.467. The number of rotatable bonds is 6. The van der Waals surface area contributed by atoms with E-state index in [2.05, 4.69) is 10.6 Å². The Hall–Kier alpha value is -1.88. The van der Waals surface area contributed by atoms with E-state index >= 15 is 0 Å². The minimum absolute atomic E-state index is 0.0876. The molecular weight excluding hydrogens is 254 g/mol. The molecule has 5 heteroatoms. The van der Waals surface area contributed by atoms with E-state index in [-0.39, 0.29) is 17.9 Å². The zero-order chi connectivity index (χ0) is 15.1. The molecule has 4 N–H and O–H groups in total. The van der Waals surface area contributed by atoms with Crippen molar-refractivity contribution >= 4 is 11.8 Å². The van der Waals surface area contributed by atoms with Crippen LogP contribution < -0.4 is 16.4 Å². The molecule has 5 nitrogen and oxygen atoms in total. The van der Waals surface area contributed by atoms with Crippen LogP contribution >= 0.6 is 0 Å². The molecular formula is C15H23N3O2. The second kappa shape index (κ2) is 7.65. The Labute approximate surface area is 119 Å². The lowest BCUT2D eigenvalue weighted by Crippen LogP contribution is -2.49. The van der Waals surface area contributed by atoms with Gasteiger partial charge in [0.2, 0.25) is 11.8 Å². The van der Waals surface area contributed by atoms with Gasteiger partial charge in [-0.05, 0) is 25.8 Å². The minimum Gasteiger partial charge on any atom is -0.352 e. The van der Waals surface area contributed by atoms with E-state index < -0.39 is 12.1 Å². The topological polar surface area (TPSA) is 84.2 Å². The van der Waals surface area contributed by atoms with Crippen LogP contribution in [0.3, 0.4) is 0 Å². The molecule has 0 spiro atoms. The molecule has 0 saturated carbocycles. The zero-order valence-electron chi connectivity index (χ0n) is 12.2. The van der Waals surface area contributed by atoms with Gasteiger partial charge >= 0.3 is 0 Å². The Bertz CT molecular complexity index is 448. The lowest BCUT2D eigenvalue weighted by atomic mass is 10.1. The number of carbonyl (C=O) groups excluding carboxylic acids is 2. The largest absolute Gasteiger partial charge is 0.352 e. The fourth-order valence-corrected chi connectivity index (χ4v) is 1.65. The standard InChI is InChI=1S/C15H23N3O2/c1-4-10(2)17-14(19)11(3)18-15(20)13(16)12-8-6-5-7-9-12/h5-11,13H,4,16H2,1-3H3,(H,17,19)(H,18,20). The maximum atomic E-state index is 12.0. The van der Waals surface area contributed by atoms with Crippen molar-refractivity contribution in [3.05, 3.63) is 35.9 Å². The Morgan fingerprint density at radius 2 is 1.70 bits per heavy atom. The summed E-state index contributed by atoms with van der Waals surface area (Å²) in [7, 11) is 0.